The quantitative estimate of drug-likeness (QED) is 0.389. The number of anilines is 1. The van der Waals surface area contributed by atoms with Crippen LogP contribution in [0.3, 0.4) is 0 Å². The molecule has 2 atom stereocenters. The van der Waals surface area contributed by atoms with Gasteiger partial charge in [-0.05, 0) is 59.3 Å². The van der Waals surface area contributed by atoms with E-state index in [2.05, 4.69) is 34.2 Å². The molecule has 6 nitrogen and oxygen atoms in total. The van der Waals surface area contributed by atoms with Crippen LogP contribution in [0.15, 0.2) is 30.3 Å². The number of fused-ring (bicyclic) bond motifs is 1. The van der Waals surface area contributed by atoms with E-state index in [0.717, 1.165) is 25.5 Å². The van der Waals surface area contributed by atoms with E-state index in [1.54, 1.807) is 33.1 Å². The van der Waals surface area contributed by atoms with E-state index >= 15 is 0 Å². The zero-order valence-corrected chi connectivity index (χ0v) is 21.0. The molecule has 36 heavy (non-hydrogen) atoms. The highest BCUT2D eigenvalue weighted by molar-refractivity contribution is 5.92. The molecule has 0 unspecified atom stereocenters. The van der Waals surface area contributed by atoms with Gasteiger partial charge in [0.15, 0.2) is 11.5 Å². The molecule has 0 bridgehead atoms. The van der Waals surface area contributed by atoms with E-state index in [4.69, 9.17) is 9.47 Å². The highest BCUT2D eigenvalue weighted by atomic mass is 19.4. The van der Waals surface area contributed by atoms with Gasteiger partial charge >= 0.3 is 6.18 Å². The molecule has 2 heterocycles. The summed E-state index contributed by atoms with van der Waals surface area (Å²) in [5.74, 6) is 0.503. The maximum atomic E-state index is 14.8. The van der Waals surface area contributed by atoms with Gasteiger partial charge in [-0.1, -0.05) is 12.1 Å². The first-order valence-electron chi connectivity index (χ1n) is 11.8. The predicted octanol–water partition coefficient (Wildman–Crippen LogP) is 6.14. The van der Waals surface area contributed by atoms with E-state index < -0.39 is 23.6 Å². The van der Waals surface area contributed by atoms with Crippen molar-refractivity contribution in [3.05, 3.63) is 53.1 Å². The molecule has 1 fully saturated rings. The third-order valence-corrected chi connectivity index (χ3v) is 6.92. The summed E-state index contributed by atoms with van der Waals surface area (Å²) in [6.07, 6.45) is -2.68. The Bertz CT molecular complexity index is 1270. The summed E-state index contributed by atoms with van der Waals surface area (Å²) in [4.78, 5) is 11.2. The monoisotopic (exact) mass is 506 g/mol. The van der Waals surface area contributed by atoms with Gasteiger partial charge in [0, 0.05) is 17.0 Å². The Hall–Kier alpha value is -3.14. The number of likely N-dealkylation sites (N-methyl/N-ethyl adjacent to an activating group) is 1. The largest absolute Gasteiger partial charge is 0.493 e. The number of methoxy groups -OCH3 is 1. The molecule has 0 radical (unpaired) electrons. The Morgan fingerprint density at radius 3 is 2.58 bits per heavy atom. The smallest absolute Gasteiger partial charge is 0.419 e. The predicted molar refractivity (Wildman–Crippen MR) is 130 cm³/mol. The summed E-state index contributed by atoms with van der Waals surface area (Å²) in [6, 6.07) is 5.94. The number of benzene rings is 2. The summed E-state index contributed by atoms with van der Waals surface area (Å²) in [5, 5.41) is 3.66. The van der Waals surface area contributed by atoms with Crippen LogP contribution in [0, 0.1) is 12.7 Å². The van der Waals surface area contributed by atoms with Gasteiger partial charge in [0.05, 0.1) is 29.8 Å². The molecular formula is C26H30F4N4O2. The van der Waals surface area contributed by atoms with Gasteiger partial charge in [-0.3, -0.25) is 4.90 Å². The van der Waals surface area contributed by atoms with Gasteiger partial charge in [-0.25, -0.2) is 14.4 Å². The van der Waals surface area contributed by atoms with Crippen LogP contribution in [0.2, 0.25) is 0 Å². The molecule has 1 N–H and O–H groups in total. The van der Waals surface area contributed by atoms with Crippen molar-refractivity contribution in [2.45, 2.75) is 51.4 Å². The molecule has 4 rings (SSSR count). The number of ether oxygens (including phenoxy) is 2. The number of alkyl halides is 3. The minimum absolute atomic E-state index is 0.111. The molecule has 3 aromatic rings. The Morgan fingerprint density at radius 2 is 1.94 bits per heavy atom. The van der Waals surface area contributed by atoms with Crippen molar-refractivity contribution in [2.75, 3.05) is 32.6 Å². The number of halogens is 4. The molecule has 1 aliphatic heterocycles. The molecular weight excluding hydrogens is 476 g/mol. The van der Waals surface area contributed by atoms with Crippen molar-refractivity contribution < 1.29 is 27.0 Å². The fourth-order valence-corrected chi connectivity index (χ4v) is 4.59. The summed E-state index contributed by atoms with van der Waals surface area (Å²) in [7, 11) is 3.62. The molecule has 1 aromatic heterocycles. The Labute approximate surface area is 207 Å². The molecule has 2 aromatic carbocycles. The summed E-state index contributed by atoms with van der Waals surface area (Å²) in [6.45, 7) is 6.89. The van der Waals surface area contributed by atoms with Gasteiger partial charge in [0.1, 0.15) is 24.1 Å². The molecule has 0 spiro atoms. The van der Waals surface area contributed by atoms with Crippen molar-refractivity contribution in [3.63, 3.8) is 0 Å². The van der Waals surface area contributed by atoms with Gasteiger partial charge in [-0.2, -0.15) is 13.2 Å². The zero-order valence-electron chi connectivity index (χ0n) is 21.0. The maximum Gasteiger partial charge on any atom is 0.419 e. The van der Waals surface area contributed by atoms with E-state index in [-0.39, 0.29) is 11.1 Å². The van der Waals surface area contributed by atoms with E-state index in [0.29, 0.717) is 40.7 Å². The Kier molecular flexibility index (Phi) is 7.01. The van der Waals surface area contributed by atoms with Crippen LogP contribution >= 0.6 is 0 Å². The first kappa shape index (κ1) is 25.9. The highest BCUT2D eigenvalue weighted by Crippen LogP contribution is 2.38. The third-order valence-electron chi connectivity index (χ3n) is 6.92. The zero-order chi connectivity index (χ0) is 26.3. The number of aromatic nitrogens is 2. The second-order valence-electron chi connectivity index (χ2n) is 9.52. The molecule has 194 valence electrons. The fourth-order valence-electron chi connectivity index (χ4n) is 4.59. The minimum Gasteiger partial charge on any atom is -0.493 e. The van der Waals surface area contributed by atoms with E-state index in [9.17, 15) is 17.6 Å². The van der Waals surface area contributed by atoms with Crippen molar-refractivity contribution in [1.82, 2.24) is 14.9 Å². The number of aryl methyl sites for hydroxylation is 1. The Morgan fingerprint density at radius 1 is 1.19 bits per heavy atom. The van der Waals surface area contributed by atoms with E-state index in [1.165, 1.54) is 12.1 Å². The van der Waals surface area contributed by atoms with Gasteiger partial charge in [0.2, 0.25) is 0 Å². The highest BCUT2D eigenvalue weighted by Gasteiger charge is 2.36. The normalized spacial score (nSPS) is 19.5. The van der Waals surface area contributed by atoms with Crippen molar-refractivity contribution >= 4 is 16.7 Å². The van der Waals surface area contributed by atoms with Crippen molar-refractivity contribution in [3.8, 4) is 11.5 Å². The standard InChI is InChI=1S/C26H30F4N4O2/c1-15(17-8-6-9-19(23(17)27)26(28,29)30)31-24-18-12-22(36-14-25(3)10-7-11-34(25)4)21(35-5)13-20(18)32-16(2)33-24/h6,8-9,12-13,15H,7,10-11,14H2,1-5H3,(H,31,32,33)/t15-,25+/m1/s1. The van der Waals surface area contributed by atoms with Crippen LogP contribution in [0.25, 0.3) is 10.9 Å². The van der Waals surface area contributed by atoms with Crippen LogP contribution < -0.4 is 14.8 Å². The maximum absolute atomic E-state index is 14.8. The summed E-state index contributed by atoms with van der Waals surface area (Å²) >= 11 is 0. The number of rotatable bonds is 7. The molecule has 1 aliphatic rings. The van der Waals surface area contributed by atoms with E-state index in [1.807, 2.05) is 0 Å². The number of hydrogen-bond donors (Lipinski definition) is 1. The second-order valence-corrected chi connectivity index (χ2v) is 9.52. The Balaban J connectivity index is 1.69. The third kappa shape index (κ3) is 5.04. The van der Waals surface area contributed by atoms with Crippen LogP contribution in [0.1, 0.15) is 49.7 Å². The SMILES string of the molecule is COc1cc2nc(C)nc(N[C@H](C)c3cccc(C(F)(F)F)c3F)c2cc1OC[C@]1(C)CCCN1C. The number of likely N-dealkylation sites (tertiary alicyclic amines) is 1. The van der Waals surface area contributed by atoms with Gasteiger partial charge in [-0.15, -0.1) is 0 Å². The topological polar surface area (TPSA) is 59.5 Å². The molecule has 10 heteroatoms. The van der Waals surface area contributed by atoms with Crippen molar-refractivity contribution in [2.24, 2.45) is 0 Å². The van der Waals surface area contributed by atoms with Crippen LogP contribution in [-0.2, 0) is 6.18 Å². The van der Waals surface area contributed by atoms with Gasteiger partial charge in [0.25, 0.3) is 0 Å². The molecule has 0 saturated carbocycles. The lowest BCUT2D eigenvalue weighted by molar-refractivity contribution is -0.140. The second kappa shape index (κ2) is 9.72. The van der Waals surface area contributed by atoms with Gasteiger partial charge < -0.3 is 14.8 Å². The summed E-state index contributed by atoms with van der Waals surface area (Å²) in [5.41, 5.74) is -0.963. The molecule has 0 aliphatic carbocycles. The lowest BCUT2D eigenvalue weighted by Crippen LogP contribution is -2.43. The van der Waals surface area contributed by atoms with Crippen LogP contribution in [0.5, 0.6) is 11.5 Å². The number of nitrogens with one attached hydrogen (secondary N) is 1. The molecule has 1 saturated heterocycles. The first-order chi connectivity index (χ1) is 16.9. The number of nitrogens with zero attached hydrogens (tertiary/aromatic N) is 3. The average Bonchev–Trinajstić information content (AvgIpc) is 3.14. The lowest BCUT2D eigenvalue weighted by Gasteiger charge is -2.32. The minimum atomic E-state index is -4.79. The first-order valence-corrected chi connectivity index (χ1v) is 11.8. The fraction of sp³-hybridized carbons (Fsp3) is 0.462. The number of hydrogen-bond acceptors (Lipinski definition) is 6. The lowest BCUT2D eigenvalue weighted by atomic mass is 10.0. The van der Waals surface area contributed by atoms with Crippen LogP contribution in [0.4, 0.5) is 23.4 Å². The summed E-state index contributed by atoms with van der Waals surface area (Å²) < 4.78 is 66.2. The average molecular weight is 507 g/mol. The molecule has 0 amide bonds. The van der Waals surface area contributed by atoms with Crippen molar-refractivity contribution in [1.29, 1.82) is 0 Å². The van der Waals surface area contributed by atoms with Crippen LogP contribution in [-0.4, -0.2) is 47.7 Å².